The Balaban J connectivity index is 1.60. The summed E-state index contributed by atoms with van der Waals surface area (Å²) in [6, 6.07) is 10.5. The Kier molecular flexibility index (Phi) is 3.35. The number of morpholine rings is 1. The molecule has 1 atom stereocenters. The summed E-state index contributed by atoms with van der Waals surface area (Å²) >= 11 is 0. The molecule has 2 saturated heterocycles. The zero-order valence-electron chi connectivity index (χ0n) is 10.5. The summed E-state index contributed by atoms with van der Waals surface area (Å²) in [5.74, 6) is 0. The molecule has 0 aromatic heterocycles. The zero-order valence-corrected chi connectivity index (χ0v) is 10.5. The number of β-amino-alcohol motifs (C(OH)–C–C–N with tert-alkyl or cyclic N) is 1. The van der Waals surface area contributed by atoms with Gasteiger partial charge in [-0.25, -0.2) is 0 Å². The number of aliphatic hydroxyl groups is 1. The highest BCUT2D eigenvalue weighted by Gasteiger charge is 2.45. The molecule has 0 spiro atoms. The maximum atomic E-state index is 10.3. The van der Waals surface area contributed by atoms with Crippen LogP contribution < -0.4 is 5.32 Å². The van der Waals surface area contributed by atoms with E-state index in [9.17, 15) is 5.11 Å². The third kappa shape index (κ3) is 2.42. The van der Waals surface area contributed by atoms with Crippen LogP contribution in [0.4, 0.5) is 0 Å². The van der Waals surface area contributed by atoms with Gasteiger partial charge in [0.25, 0.3) is 0 Å². The van der Waals surface area contributed by atoms with E-state index >= 15 is 0 Å². The van der Waals surface area contributed by atoms with Gasteiger partial charge in [-0.1, -0.05) is 30.3 Å². The van der Waals surface area contributed by atoms with E-state index in [0.717, 1.165) is 19.6 Å². The molecule has 18 heavy (non-hydrogen) atoms. The lowest BCUT2D eigenvalue weighted by Gasteiger charge is -2.47. The summed E-state index contributed by atoms with van der Waals surface area (Å²) in [6.45, 7) is 4.69. The molecule has 2 aliphatic heterocycles. The van der Waals surface area contributed by atoms with Crippen LogP contribution in [0.25, 0.3) is 0 Å². The summed E-state index contributed by atoms with van der Waals surface area (Å²) in [4.78, 5) is 2.36. The van der Waals surface area contributed by atoms with Crippen molar-refractivity contribution in [3.05, 3.63) is 35.9 Å². The molecule has 0 aliphatic carbocycles. The molecule has 1 aromatic rings. The van der Waals surface area contributed by atoms with Crippen molar-refractivity contribution in [2.45, 2.75) is 18.2 Å². The molecule has 2 N–H and O–H groups in total. The van der Waals surface area contributed by atoms with Gasteiger partial charge in [0.15, 0.2) is 0 Å². The molecule has 4 nitrogen and oxygen atoms in total. The van der Waals surface area contributed by atoms with Crippen LogP contribution in [0.5, 0.6) is 0 Å². The lowest BCUT2D eigenvalue weighted by atomic mass is 9.89. The molecule has 4 heteroatoms. The molecular formula is C14H20N2O2. The third-order valence-corrected chi connectivity index (χ3v) is 3.86. The summed E-state index contributed by atoms with van der Waals surface area (Å²) in [7, 11) is 0. The van der Waals surface area contributed by atoms with Gasteiger partial charge in [-0.3, -0.25) is 4.90 Å². The Hall–Kier alpha value is -0.940. The molecule has 98 valence electrons. The van der Waals surface area contributed by atoms with E-state index < -0.39 is 5.60 Å². The molecule has 0 bridgehead atoms. The number of nitrogens with one attached hydrogen (secondary N) is 1. The first-order chi connectivity index (χ1) is 8.76. The first kappa shape index (κ1) is 12.1. The third-order valence-electron chi connectivity index (χ3n) is 3.86. The SMILES string of the molecule is OC1(C2CN(Cc3ccccc3)CCO2)CNC1. The monoisotopic (exact) mass is 248 g/mol. The fourth-order valence-electron chi connectivity index (χ4n) is 2.62. The fourth-order valence-corrected chi connectivity index (χ4v) is 2.62. The molecule has 0 amide bonds. The van der Waals surface area contributed by atoms with Gasteiger partial charge < -0.3 is 15.2 Å². The highest BCUT2D eigenvalue weighted by atomic mass is 16.5. The Morgan fingerprint density at radius 1 is 1.33 bits per heavy atom. The van der Waals surface area contributed by atoms with Gasteiger partial charge in [-0.15, -0.1) is 0 Å². The van der Waals surface area contributed by atoms with E-state index in [1.54, 1.807) is 0 Å². The lowest BCUT2D eigenvalue weighted by molar-refractivity contribution is -0.164. The van der Waals surface area contributed by atoms with E-state index in [2.05, 4.69) is 34.5 Å². The number of benzene rings is 1. The van der Waals surface area contributed by atoms with Crippen molar-refractivity contribution in [3.63, 3.8) is 0 Å². The van der Waals surface area contributed by atoms with Crippen LogP contribution in [0.1, 0.15) is 5.56 Å². The van der Waals surface area contributed by atoms with Crippen LogP contribution in [0.3, 0.4) is 0 Å². The summed E-state index contributed by atoms with van der Waals surface area (Å²) in [6.07, 6.45) is -0.0591. The second-order valence-corrected chi connectivity index (χ2v) is 5.29. The van der Waals surface area contributed by atoms with E-state index in [1.807, 2.05) is 6.07 Å². The number of rotatable bonds is 3. The highest BCUT2D eigenvalue weighted by Crippen LogP contribution is 2.23. The van der Waals surface area contributed by atoms with Crippen molar-refractivity contribution in [2.24, 2.45) is 0 Å². The molecule has 3 rings (SSSR count). The van der Waals surface area contributed by atoms with Crippen molar-refractivity contribution in [1.29, 1.82) is 0 Å². The Morgan fingerprint density at radius 3 is 2.78 bits per heavy atom. The van der Waals surface area contributed by atoms with Crippen molar-refractivity contribution in [1.82, 2.24) is 10.2 Å². The largest absolute Gasteiger partial charge is 0.384 e. The predicted octanol–water partition coefficient (Wildman–Crippen LogP) is 0.222. The van der Waals surface area contributed by atoms with Gasteiger partial charge in [0.1, 0.15) is 11.7 Å². The van der Waals surface area contributed by atoms with Crippen LogP contribution in [0.2, 0.25) is 0 Å². The molecule has 0 saturated carbocycles. The molecule has 0 radical (unpaired) electrons. The predicted molar refractivity (Wildman–Crippen MR) is 69.3 cm³/mol. The van der Waals surface area contributed by atoms with Gasteiger partial charge in [0.2, 0.25) is 0 Å². The van der Waals surface area contributed by atoms with E-state index in [0.29, 0.717) is 19.7 Å². The van der Waals surface area contributed by atoms with Crippen LogP contribution in [0.15, 0.2) is 30.3 Å². The van der Waals surface area contributed by atoms with Gasteiger partial charge in [-0.2, -0.15) is 0 Å². The first-order valence-electron chi connectivity index (χ1n) is 6.57. The number of hydrogen-bond acceptors (Lipinski definition) is 4. The Morgan fingerprint density at radius 2 is 2.11 bits per heavy atom. The molecule has 2 fully saturated rings. The lowest BCUT2D eigenvalue weighted by Crippen LogP contribution is -2.69. The minimum atomic E-state index is -0.657. The Bertz CT molecular complexity index is 392. The minimum absolute atomic E-state index is 0.0591. The zero-order chi connectivity index (χ0) is 12.4. The number of ether oxygens (including phenoxy) is 1. The topological polar surface area (TPSA) is 44.7 Å². The standard InChI is InChI=1S/C14H20N2O2/c17-14(10-15-11-14)13-9-16(6-7-18-13)8-12-4-2-1-3-5-12/h1-5,13,15,17H,6-11H2. The summed E-state index contributed by atoms with van der Waals surface area (Å²) < 4.78 is 5.72. The smallest absolute Gasteiger partial charge is 0.117 e. The normalized spacial score (nSPS) is 27.7. The molecular weight excluding hydrogens is 228 g/mol. The highest BCUT2D eigenvalue weighted by molar-refractivity contribution is 5.14. The van der Waals surface area contributed by atoms with Gasteiger partial charge in [0.05, 0.1) is 6.61 Å². The molecule has 1 unspecified atom stereocenters. The number of nitrogens with zero attached hydrogens (tertiary/aromatic N) is 1. The Labute approximate surface area is 108 Å². The van der Waals surface area contributed by atoms with E-state index in [1.165, 1.54) is 5.56 Å². The number of hydrogen-bond donors (Lipinski definition) is 2. The van der Waals surface area contributed by atoms with Crippen LogP contribution in [0, 0.1) is 0 Å². The summed E-state index contributed by atoms with van der Waals surface area (Å²) in [5, 5.41) is 13.4. The van der Waals surface area contributed by atoms with Gasteiger partial charge >= 0.3 is 0 Å². The fraction of sp³-hybridized carbons (Fsp3) is 0.571. The van der Waals surface area contributed by atoms with E-state index in [-0.39, 0.29) is 6.10 Å². The minimum Gasteiger partial charge on any atom is -0.384 e. The first-order valence-corrected chi connectivity index (χ1v) is 6.57. The molecule has 2 heterocycles. The van der Waals surface area contributed by atoms with Crippen LogP contribution in [-0.4, -0.2) is 54.5 Å². The van der Waals surface area contributed by atoms with Crippen molar-refractivity contribution in [3.8, 4) is 0 Å². The van der Waals surface area contributed by atoms with Crippen LogP contribution >= 0.6 is 0 Å². The second kappa shape index (κ2) is 4.97. The average molecular weight is 248 g/mol. The maximum Gasteiger partial charge on any atom is 0.117 e. The maximum absolute atomic E-state index is 10.3. The van der Waals surface area contributed by atoms with Gasteiger partial charge in [-0.05, 0) is 5.56 Å². The summed E-state index contributed by atoms with van der Waals surface area (Å²) in [5.41, 5.74) is 0.659. The molecule has 2 aliphatic rings. The average Bonchev–Trinajstić information content (AvgIpc) is 2.37. The quantitative estimate of drug-likeness (QED) is 0.803. The van der Waals surface area contributed by atoms with Crippen molar-refractivity contribution >= 4 is 0 Å². The second-order valence-electron chi connectivity index (χ2n) is 5.29. The van der Waals surface area contributed by atoms with Gasteiger partial charge in [0, 0.05) is 32.7 Å². The van der Waals surface area contributed by atoms with E-state index in [4.69, 9.17) is 4.74 Å². The van der Waals surface area contributed by atoms with Crippen LogP contribution in [-0.2, 0) is 11.3 Å². The molecule has 1 aromatic carbocycles. The van der Waals surface area contributed by atoms with Crippen molar-refractivity contribution < 1.29 is 9.84 Å². The van der Waals surface area contributed by atoms with Crippen molar-refractivity contribution in [2.75, 3.05) is 32.8 Å².